The van der Waals surface area contributed by atoms with Crippen LogP contribution in [0.5, 0.6) is 0 Å². The molecule has 0 saturated heterocycles. The van der Waals surface area contributed by atoms with Crippen LogP contribution in [0.1, 0.15) is 28.5 Å². The summed E-state index contributed by atoms with van der Waals surface area (Å²) in [5.41, 5.74) is 2.46. The second kappa shape index (κ2) is 9.32. The van der Waals surface area contributed by atoms with Gasteiger partial charge in [0.15, 0.2) is 0 Å². The van der Waals surface area contributed by atoms with Crippen molar-refractivity contribution in [2.24, 2.45) is 0 Å². The summed E-state index contributed by atoms with van der Waals surface area (Å²) in [6.45, 7) is 1.55. The molecule has 1 aromatic heterocycles. The number of benzene rings is 2. The molecule has 26 heavy (non-hydrogen) atoms. The number of rotatable bonds is 8. The van der Waals surface area contributed by atoms with Crippen LogP contribution in [0, 0.1) is 0 Å². The average Bonchev–Trinajstić information content (AvgIpc) is 3.21. The zero-order chi connectivity index (χ0) is 18.2. The molecule has 0 N–H and O–H groups in total. The van der Waals surface area contributed by atoms with Crippen LogP contribution in [0.3, 0.4) is 0 Å². The van der Waals surface area contributed by atoms with Crippen molar-refractivity contribution < 1.29 is 9.53 Å². The van der Waals surface area contributed by atoms with Crippen molar-refractivity contribution in [3.8, 4) is 0 Å². The zero-order valence-electron chi connectivity index (χ0n) is 14.9. The lowest BCUT2D eigenvalue weighted by Crippen LogP contribution is -2.29. The van der Waals surface area contributed by atoms with Crippen LogP contribution in [0.15, 0.2) is 78.2 Å². The fourth-order valence-electron chi connectivity index (χ4n) is 3.04. The number of nitrogens with zero attached hydrogens (tertiary/aromatic N) is 1. The summed E-state index contributed by atoms with van der Waals surface area (Å²) in [5.74, 6) is -0.186. The number of hydrogen-bond donors (Lipinski definition) is 0. The highest BCUT2D eigenvalue weighted by Gasteiger charge is 2.25. The third-order valence-corrected chi connectivity index (χ3v) is 5.33. The second-order valence-electron chi connectivity index (χ2n) is 6.19. The van der Waals surface area contributed by atoms with Crippen molar-refractivity contribution in [2.45, 2.75) is 25.6 Å². The number of carbonyl (C=O) groups excluding carboxylic acids is 1. The molecular weight excluding hydrogens is 342 g/mol. The van der Waals surface area contributed by atoms with Crippen LogP contribution in [0.25, 0.3) is 0 Å². The zero-order valence-corrected chi connectivity index (χ0v) is 15.7. The highest BCUT2D eigenvalue weighted by molar-refractivity contribution is 7.10. The minimum Gasteiger partial charge on any atom is -0.469 e. The summed E-state index contributed by atoms with van der Waals surface area (Å²) in [5, 5.41) is 2.06. The normalized spacial score (nSPS) is 12.1. The quantitative estimate of drug-likeness (QED) is 0.523. The van der Waals surface area contributed by atoms with Gasteiger partial charge in [-0.25, -0.2) is 0 Å². The molecule has 4 heteroatoms. The molecule has 0 saturated carbocycles. The maximum atomic E-state index is 12.1. The number of esters is 1. The molecule has 3 rings (SSSR count). The molecule has 0 spiro atoms. The van der Waals surface area contributed by atoms with Gasteiger partial charge >= 0.3 is 5.97 Å². The van der Waals surface area contributed by atoms with Gasteiger partial charge < -0.3 is 4.74 Å². The first-order valence-electron chi connectivity index (χ1n) is 8.68. The number of carbonyl (C=O) groups is 1. The van der Waals surface area contributed by atoms with Crippen LogP contribution in [0.2, 0.25) is 0 Å². The van der Waals surface area contributed by atoms with Crippen molar-refractivity contribution in [3.63, 3.8) is 0 Å². The lowest BCUT2D eigenvalue weighted by atomic mass is 10.1. The summed E-state index contributed by atoms with van der Waals surface area (Å²) in [6.07, 6.45) is 0.344. The maximum absolute atomic E-state index is 12.1. The first-order valence-corrected chi connectivity index (χ1v) is 9.56. The Morgan fingerprint density at radius 3 is 1.96 bits per heavy atom. The van der Waals surface area contributed by atoms with Gasteiger partial charge in [0.25, 0.3) is 0 Å². The van der Waals surface area contributed by atoms with E-state index in [1.165, 1.54) is 23.1 Å². The van der Waals surface area contributed by atoms with E-state index < -0.39 is 0 Å². The standard InChI is InChI=1S/C22H23NO2S/c1-25-22(24)15-20(21-13-8-14-26-21)23(16-18-9-4-2-5-10-18)17-19-11-6-3-7-12-19/h2-14,20H,15-17H2,1H3. The molecule has 0 aliphatic rings. The lowest BCUT2D eigenvalue weighted by Gasteiger charge is -2.31. The topological polar surface area (TPSA) is 29.5 Å². The molecule has 0 fully saturated rings. The van der Waals surface area contributed by atoms with E-state index in [4.69, 9.17) is 4.74 Å². The minimum atomic E-state index is -0.186. The van der Waals surface area contributed by atoms with Gasteiger partial charge in [-0.1, -0.05) is 66.7 Å². The van der Waals surface area contributed by atoms with E-state index in [2.05, 4.69) is 64.9 Å². The van der Waals surface area contributed by atoms with E-state index in [1.807, 2.05) is 18.2 Å². The van der Waals surface area contributed by atoms with E-state index in [0.717, 1.165) is 13.1 Å². The molecule has 0 radical (unpaired) electrons. The van der Waals surface area contributed by atoms with Crippen LogP contribution < -0.4 is 0 Å². The number of thiophene rings is 1. The third kappa shape index (κ3) is 5.04. The fourth-order valence-corrected chi connectivity index (χ4v) is 3.90. The van der Waals surface area contributed by atoms with Crippen LogP contribution >= 0.6 is 11.3 Å². The molecule has 0 aliphatic carbocycles. The summed E-state index contributed by atoms with van der Waals surface area (Å²) in [6, 6.07) is 24.9. The largest absolute Gasteiger partial charge is 0.469 e. The second-order valence-corrected chi connectivity index (χ2v) is 7.17. The Balaban J connectivity index is 1.91. The van der Waals surface area contributed by atoms with Gasteiger partial charge in [0.1, 0.15) is 0 Å². The number of methoxy groups -OCH3 is 1. The minimum absolute atomic E-state index is 0.0112. The molecule has 1 unspecified atom stereocenters. The average molecular weight is 365 g/mol. The predicted octanol–water partition coefficient (Wildman–Crippen LogP) is 5.05. The summed E-state index contributed by atoms with van der Waals surface area (Å²) in [4.78, 5) is 15.6. The molecule has 0 bridgehead atoms. The molecule has 2 aromatic carbocycles. The lowest BCUT2D eigenvalue weighted by molar-refractivity contribution is -0.142. The molecule has 1 atom stereocenters. The SMILES string of the molecule is COC(=O)CC(c1cccs1)N(Cc1ccccc1)Cc1ccccc1. The molecule has 134 valence electrons. The van der Waals surface area contributed by atoms with Crippen LogP contribution in [0.4, 0.5) is 0 Å². The smallest absolute Gasteiger partial charge is 0.307 e. The first-order chi connectivity index (χ1) is 12.8. The Labute approximate surface area is 158 Å². The van der Waals surface area contributed by atoms with Gasteiger partial charge in [0.2, 0.25) is 0 Å². The summed E-state index contributed by atoms with van der Waals surface area (Å²) >= 11 is 1.68. The molecule has 3 nitrogen and oxygen atoms in total. The third-order valence-electron chi connectivity index (χ3n) is 4.36. The van der Waals surface area contributed by atoms with Gasteiger partial charge in [-0.3, -0.25) is 9.69 Å². The van der Waals surface area contributed by atoms with E-state index in [0.29, 0.717) is 6.42 Å². The summed E-state index contributed by atoms with van der Waals surface area (Å²) in [7, 11) is 1.45. The van der Waals surface area contributed by atoms with Gasteiger partial charge in [0.05, 0.1) is 19.6 Å². The Morgan fingerprint density at radius 2 is 1.50 bits per heavy atom. The number of hydrogen-bond acceptors (Lipinski definition) is 4. The van der Waals surface area contributed by atoms with Crippen molar-refractivity contribution in [1.29, 1.82) is 0 Å². The molecule has 1 heterocycles. The Morgan fingerprint density at radius 1 is 0.923 bits per heavy atom. The van der Waals surface area contributed by atoms with Crippen molar-refractivity contribution in [3.05, 3.63) is 94.2 Å². The van der Waals surface area contributed by atoms with E-state index in [1.54, 1.807) is 11.3 Å². The van der Waals surface area contributed by atoms with E-state index in [9.17, 15) is 4.79 Å². The van der Waals surface area contributed by atoms with E-state index >= 15 is 0 Å². The van der Waals surface area contributed by atoms with E-state index in [-0.39, 0.29) is 12.0 Å². The Kier molecular flexibility index (Phi) is 6.58. The molecule has 3 aromatic rings. The highest BCUT2D eigenvalue weighted by Crippen LogP contribution is 2.31. The Bertz CT molecular complexity index is 746. The molecule has 0 aliphatic heterocycles. The van der Waals surface area contributed by atoms with Crippen molar-refractivity contribution in [2.75, 3.05) is 7.11 Å². The van der Waals surface area contributed by atoms with Crippen LogP contribution in [-0.2, 0) is 22.6 Å². The van der Waals surface area contributed by atoms with Gasteiger partial charge in [-0.2, -0.15) is 0 Å². The highest BCUT2D eigenvalue weighted by atomic mass is 32.1. The number of ether oxygens (including phenoxy) is 1. The van der Waals surface area contributed by atoms with Crippen molar-refractivity contribution >= 4 is 17.3 Å². The van der Waals surface area contributed by atoms with Gasteiger partial charge in [-0.05, 0) is 22.6 Å². The Hall–Kier alpha value is -2.43. The monoisotopic (exact) mass is 365 g/mol. The van der Waals surface area contributed by atoms with Gasteiger partial charge in [-0.15, -0.1) is 11.3 Å². The predicted molar refractivity (Wildman–Crippen MR) is 106 cm³/mol. The van der Waals surface area contributed by atoms with Gasteiger partial charge in [0, 0.05) is 18.0 Å². The first kappa shape index (κ1) is 18.4. The van der Waals surface area contributed by atoms with Crippen LogP contribution in [-0.4, -0.2) is 18.0 Å². The maximum Gasteiger partial charge on any atom is 0.307 e. The van der Waals surface area contributed by atoms with Crippen molar-refractivity contribution in [1.82, 2.24) is 4.90 Å². The molecular formula is C22H23NO2S. The summed E-state index contributed by atoms with van der Waals surface area (Å²) < 4.78 is 4.97. The fraction of sp³-hybridized carbons (Fsp3) is 0.227. The molecule has 0 amide bonds.